The Morgan fingerprint density at radius 2 is 1.70 bits per heavy atom. The molecule has 1 atom stereocenters. The van der Waals surface area contributed by atoms with Gasteiger partial charge in [0.1, 0.15) is 0 Å². The molecule has 0 spiro atoms. The number of ether oxygens (including phenoxy) is 2. The normalized spacial score (nSPS) is 13.7. The number of benzene rings is 2. The molecule has 0 radical (unpaired) electrons. The first-order chi connectivity index (χ1) is 13.0. The maximum Gasteiger partial charge on any atom is 0.304 e. The lowest BCUT2D eigenvalue weighted by atomic mass is 9.86. The zero-order valence-corrected chi connectivity index (χ0v) is 15.3. The first-order valence-corrected chi connectivity index (χ1v) is 8.88. The van der Waals surface area contributed by atoms with E-state index in [0.717, 1.165) is 0 Å². The Morgan fingerprint density at radius 1 is 1.04 bits per heavy atom. The van der Waals surface area contributed by atoms with Crippen molar-refractivity contribution in [3.8, 4) is 11.5 Å². The number of rotatable bonds is 8. The Balaban J connectivity index is 2.06. The number of hydrogen-bond donors (Lipinski definition) is 1. The van der Waals surface area contributed by atoms with Gasteiger partial charge in [0.2, 0.25) is 0 Å². The van der Waals surface area contributed by atoms with Crippen LogP contribution in [0.3, 0.4) is 0 Å². The number of carbonyl (C=O) groups is 2. The fourth-order valence-electron chi connectivity index (χ4n) is 3.22. The van der Waals surface area contributed by atoms with E-state index in [2.05, 4.69) is 4.99 Å². The van der Waals surface area contributed by atoms with E-state index in [4.69, 9.17) is 9.47 Å². The fourth-order valence-corrected chi connectivity index (χ4v) is 3.22. The number of fused-ring (bicyclic) bond motifs is 1. The van der Waals surface area contributed by atoms with Gasteiger partial charge in [-0.15, -0.1) is 0 Å². The van der Waals surface area contributed by atoms with Gasteiger partial charge in [-0.25, -0.2) is 4.99 Å². The second-order valence-corrected chi connectivity index (χ2v) is 6.07. The largest absolute Gasteiger partial charge is 0.490 e. The van der Waals surface area contributed by atoms with Gasteiger partial charge in [-0.2, -0.15) is 0 Å². The van der Waals surface area contributed by atoms with E-state index < -0.39 is 11.9 Å². The number of amides is 1. The molecule has 1 aliphatic rings. The van der Waals surface area contributed by atoms with E-state index in [-0.39, 0.29) is 12.3 Å². The fraction of sp³-hybridized carbons (Fsp3) is 0.286. The van der Waals surface area contributed by atoms with Crippen LogP contribution in [0.25, 0.3) is 0 Å². The van der Waals surface area contributed by atoms with Crippen LogP contribution in [0.4, 0.5) is 0 Å². The highest BCUT2D eigenvalue weighted by Gasteiger charge is 2.31. The SMILES string of the molecule is CCOc1ccc(C(CC(=O)O)C2=NC(=O)c3ccccc32)cc1OCC. The molecule has 0 aromatic heterocycles. The Morgan fingerprint density at radius 3 is 2.37 bits per heavy atom. The maximum absolute atomic E-state index is 12.2. The standard InChI is InChI=1S/C21H21NO5/c1-3-26-17-10-9-13(11-18(17)27-4-2)16(12-19(23)24)20-14-7-5-6-8-15(14)21(25)22-20/h5-11,16H,3-4,12H2,1-2H3,(H,23,24). The van der Waals surface area contributed by atoms with Crippen LogP contribution < -0.4 is 9.47 Å². The van der Waals surface area contributed by atoms with E-state index in [9.17, 15) is 14.7 Å². The Kier molecular flexibility index (Phi) is 5.54. The summed E-state index contributed by atoms with van der Waals surface area (Å²) in [4.78, 5) is 27.9. The van der Waals surface area contributed by atoms with Crippen molar-refractivity contribution in [1.29, 1.82) is 0 Å². The molecule has 3 rings (SSSR count). The molecule has 1 amide bonds. The van der Waals surface area contributed by atoms with Crippen LogP contribution in [0.1, 0.15) is 47.7 Å². The summed E-state index contributed by atoms with van der Waals surface area (Å²) in [6, 6.07) is 12.4. The van der Waals surface area contributed by atoms with Crippen molar-refractivity contribution >= 4 is 17.6 Å². The van der Waals surface area contributed by atoms with Gasteiger partial charge in [-0.05, 0) is 37.6 Å². The molecule has 2 aromatic rings. The van der Waals surface area contributed by atoms with Crippen LogP contribution >= 0.6 is 0 Å². The maximum atomic E-state index is 12.2. The minimum absolute atomic E-state index is 0.181. The zero-order chi connectivity index (χ0) is 19.4. The number of carbonyl (C=O) groups excluding carboxylic acids is 1. The number of carboxylic acid groups (broad SMARTS) is 1. The molecule has 1 heterocycles. The van der Waals surface area contributed by atoms with Gasteiger partial charge >= 0.3 is 5.97 Å². The van der Waals surface area contributed by atoms with Gasteiger partial charge in [-0.1, -0.05) is 24.3 Å². The predicted octanol–water partition coefficient (Wildman–Crippen LogP) is 3.69. The second kappa shape index (κ2) is 8.03. The summed E-state index contributed by atoms with van der Waals surface area (Å²) in [6.07, 6.45) is -0.181. The smallest absolute Gasteiger partial charge is 0.304 e. The molecule has 0 bridgehead atoms. The first-order valence-electron chi connectivity index (χ1n) is 8.88. The van der Waals surface area contributed by atoms with Crippen molar-refractivity contribution in [3.05, 3.63) is 59.2 Å². The molecule has 1 N–H and O–H groups in total. The average Bonchev–Trinajstić information content (AvgIpc) is 2.98. The summed E-state index contributed by atoms with van der Waals surface area (Å²) < 4.78 is 11.2. The molecular formula is C21H21NO5. The molecular weight excluding hydrogens is 346 g/mol. The Bertz CT molecular complexity index is 903. The van der Waals surface area contributed by atoms with Gasteiger partial charge in [0.25, 0.3) is 5.91 Å². The quantitative estimate of drug-likeness (QED) is 0.769. The molecule has 0 aliphatic carbocycles. The molecule has 1 unspecified atom stereocenters. The van der Waals surface area contributed by atoms with Crippen LogP contribution in [-0.4, -0.2) is 35.9 Å². The lowest BCUT2D eigenvalue weighted by Gasteiger charge is -2.19. The Hall–Kier alpha value is -3.15. The molecule has 140 valence electrons. The highest BCUT2D eigenvalue weighted by Crippen LogP contribution is 2.36. The Labute approximate surface area is 157 Å². The van der Waals surface area contributed by atoms with E-state index in [1.165, 1.54) is 0 Å². The summed E-state index contributed by atoms with van der Waals surface area (Å²) in [5, 5.41) is 9.44. The molecule has 0 saturated heterocycles. The third kappa shape index (κ3) is 3.84. The molecule has 27 heavy (non-hydrogen) atoms. The zero-order valence-electron chi connectivity index (χ0n) is 15.3. The van der Waals surface area contributed by atoms with Crippen LogP contribution in [-0.2, 0) is 4.79 Å². The lowest BCUT2D eigenvalue weighted by molar-refractivity contribution is -0.137. The summed E-state index contributed by atoms with van der Waals surface area (Å²) in [5.41, 5.74) is 2.37. The highest BCUT2D eigenvalue weighted by atomic mass is 16.5. The molecule has 2 aromatic carbocycles. The topological polar surface area (TPSA) is 85.2 Å². The van der Waals surface area contributed by atoms with Crippen molar-refractivity contribution in [2.24, 2.45) is 4.99 Å². The van der Waals surface area contributed by atoms with Gasteiger partial charge in [0, 0.05) is 11.5 Å². The summed E-state index contributed by atoms with van der Waals surface area (Å²) >= 11 is 0. The van der Waals surface area contributed by atoms with Crippen LogP contribution in [0.2, 0.25) is 0 Å². The van der Waals surface area contributed by atoms with Crippen molar-refractivity contribution in [2.45, 2.75) is 26.2 Å². The number of aliphatic imine (C=N–C) groups is 1. The molecule has 6 heteroatoms. The number of nitrogens with zero attached hydrogens (tertiary/aromatic N) is 1. The third-order valence-corrected chi connectivity index (χ3v) is 4.33. The minimum Gasteiger partial charge on any atom is -0.490 e. The first kappa shape index (κ1) is 18.6. The molecule has 0 fully saturated rings. The van der Waals surface area contributed by atoms with Crippen molar-refractivity contribution < 1.29 is 24.2 Å². The highest BCUT2D eigenvalue weighted by molar-refractivity contribution is 6.23. The van der Waals surface area contributed by atoms with E-state index >= 15 is 0 Å². The van der Waals surface area contributed by atoms with Crippen LogP contribution in [0.15, 0.2) is 47.5 Å². The third-order valence-electron chi connectivity index (χ3n) is 4.33. The molecule has 6 nitrogen and oxygen atoms in total. The van der Waals surface area contributed by atoms with Crippen molar-refractivity contribution in [1.82, 2.24) is 0 Å². The number of hydrogen-bond acceptors (Lipinski definition) is 4. The van der Waals surface area contributed by atoms with E-state index in [0.29, 0.717) is 47.1 Å². The van der Waals surface area contributed by atoms with E-state index in [1.54, 1.807) is 36.4 Å². The lowest BCUT2D eigenvalue weighted by Crippen LogP contribution is -2.17. The van der Waals surface area contributed by atoms with Crippen molar-refractivity contribution in [2.75, 3.05) is 13.2 Å². The van der Waals surface area contributed by atoms with E-state index in [1.807, 2.05) is 19.9 Å². The van der Waals surface area contributed by atoms with Crippen molar-refractivity contribution in [3.63, 3.8) is 0 Å². The average molecular weight is 367 g/mol. The molecule has 0 saturated carbocycles. The van der Waals surface area contributed by atoms with Crippen LogP contribution in [0.5, 0.6) is 11.5 Å². The van der Waals surface area contributed by atoms with Crippen LogP contribution in [0, 0.1) is 0 Å². The minimum atomic E-state index is -0.966. The van der Waals surface area contributed by atoms with Gasteiger partial charge in [0.05, 0.1) is 30.9 Å². The van der Waals surface area contributed by atoms with Gasteiger partial charge in [-0.3, -0.25) is 9.59 Å². The molecule has 1 aliphatic heterocycles. The number of carboxylic acids is 1. The number of aliphatic carboxylic acids is 1. The van der Waals surface area contributed by atoms with Gasteiger partial charge in [0.15, 0.2) is 11.5 Å². The summed E-state index contributed by atoms with van der Waals surface area (Å²) in [7, 11) is 0. The summed E-state index contributed by atoms with van der Waals surface area (Å²) in [5.74, 6) is -0.726. The summed E-state index contributed by atoms with van der Waals surface area (Å²) in [6.45, 7) is 4.70. The predicted molar refractivity (Wildman–Crippen MR) is 101 cm³/mol. The second-order valence-electron chi connectivity index (χ2n) is 6.07. The van der Waals surface area contributed by atoms with Gasteiger partial charge < -0.3 is 14.6 Å². The monoisotopic (exact) mass is 367 g/mol.